The van der Waals surface area contributed by atoms with Gasteiger partial charge in [-0.2, -0.15) is 0 Å². The van der Waals surface area contributed by atoms with E-state index in [1.54, 1.807) is 20.3 Å². The Morgan fingerprint density at radius 2 is 2.29 bits per heavy atom. The van der Waals surface area contributed by atoms with E-state index in [1.807, 2.05) is 13.0 Å². The van der Waals surface area contributed by atoms with E-state index in [-0.39, 0.29) is 6.10 Å². The minimum absolute atomic E-state index is 0.102. The van der Waals surface area contributed by atoms with Gasteiger partial charge in [-0.25, -0.2) is 0 Å². The lowest BCUT2D eigenvalue weighted by Gasteiger charge is -2.18. The number of carboxylic acids is 1. The number of rotatable bonds is 7. The molecule has 0 saturated carbocycles. The molecule has 6 nitrogen and oxygen atoms in total. The molecule has 2 rings (SSSR count). The third-order valence-corrected chi connectivity index (χ3v) is 3.46. The molecule has 0 fully saturated rings. The van der Waals surface area contributed by atoms with Gasteiger partial charge in [0.25, 0.3) is 0 Å². The van der Waals surface area contributed by atoms with Gasteiger partial charge >= 0.3 is 5.97 Å². The molecule has 6 heteroatoms. The van der Waals surface area contributed by atoms with Crippen molar-refractivity contribution in [3.63, 3.8) is 0 Å². The van der Waals surface area contributed by atoms with E-state index in [4.69, 9.17) is 14.2 Å². The topological polar surface area (TPSA) is 77.0 Å². The molecule has 1 aromatic rings. The average Bonchev–Trinajstić information content (AvgIpc) is 2.81. The van der Waals surface area contributed by atoms with Crippen LogP contribution in [0.3, 0.4) is 0 Å². The summed E-state index contributed by atoms with van der Waals surface area (Å²) < 4.78 is 16.0. The highest BCUT2D eigenvalue weighted by atomic mass is 16.5. The van der Waals surface area contributed by atoms with Crippen LogP contribution in [0.2, 0.25) is 0 Å². The van der Waals surface area contributed by atoms with Crippen molar-refractivity contribution >= 4 is 5.97 Å². The Kier molecular flexibility index (Phi) is 5.03. The predicted octanol–water partition coefficient (Wildman–Crippen LogP) is 1.38. The zero-order valence-corrected chi connectivity index (χ0v) is 12.5. The molecule has 21 heavy (non-hydrogen) atoms. The largest absolute Gasteiger partial charge is 0.496 e. The quantitative estimate of drug-likeness (QED) is 0.740. The molecule has 2 unspecified atom stereocenters. The molecule has 1 aromatic carbocycles. The fourth-order valence-electron chi connectivity index (χ4n) is 2.49. The number of ether oxygens (including phenoxy) is 3. The highest BCUT2D eigenvalue weighted by molar-refractivity contribution is 5.77. The van der Waals surface area contributed by atoms with Crippen molar-refractivity contribution in [1.82, 2.24) is 5.32 Å². The van der Waals surface area contributed by atoms with E-state index in [0.29, 0.717) is 24.5 Å². The maximum Gasteiger partial charge on any atom is 0.325 e. The van der Waals surface area contributed by atoms with Crippen LogP contribution in [0.15, 0.2) is 12.1 Å². The number of methoxy groups -OCH3 is 2. The lowest BCUT2D eigenvalue weighted by Crippen LogP contribution is -2.31. The summed E-state index contributed by atoms with van der Waals surface area (Å²) in [4.78, 5) is 11.5. The van der Waals surface area contributed by atoms with E-state index in [0.717, 1.165) is 17.7 Å². The Morgan fingerprint density at radius 3 is 2.90 bits per heavy atom. The molecule has 2 N–H and O–H groups in total. The molecule has 0 bridgehead atoms. The van der Waals surface area contributed by atoms with Crippen molar-refractivity contribution in [3.8, 4) is 11.5 Å². The van der Waals surface area contributed by atoms with Crippen LogP contribution in [-0.4, -0.2) is 44.6 Å². The number of fused-ring (bicyclic) bond motifs is 1. The summed E-state index contributed by atoms with van der Waals surface area (Å²) in [6.45, 7) is 2.85. The number of carboxylic acid groups (broad SMARTS) is 1. The molecular weight excluding hydrogens is 274 g/mol. The zero-order chi connectivity index (χ0) is 15.4. The average molecular weight is 295 g/mol. The fourth-order valence-corrected chi connectivity index (χ4v) is 2.49. The third-order valence-electron chi connectivity index (χ3n) is 3.46. The van der Waals surface area contributed by atoms with Crippen molar-refractivity contribution in [2.24, 2.45) is 0 Å². The van der Waals surface area contributed by atoms with Crippen molar-refractivity contribution in [3.05, 3.63) is 23.3 Å². The number of hydrogen-bond donors (Lipinski definition) is 2. The van der Waals surface area contributed by atoms with Crippen LogP contribution >= 0.6 is 0 Å². The van der Waals surface area contributed by atoms with Gasteiger partial charge in [0.05, 0.1) is 13.7 Å². The Bertz CT molecular complexity index is 517. The van der Waals surface area contributed by atoms with Gasteiger partial charge in [0, 0.05) is 31.2 Å². The van der Waals surface area contributed by atoms with E-state index in [2.05, 4.69) is 5.32 Å². The number of hydrogen-bond acceptors (Lipinski definition) is 5. The van der Waals surface area contributed by atoms with Crippen LogP contribution in [0.1, 0.15) is 24.1 Å². The first-order valence-electron chi connectivity index (χ1n) is 6.89. The second-order valence-corrected chi connectivity index (χ2v) is 5.05. The van der Waals surface area contributed by atoms with Gasteiger partial charge in [-0.3, -0.25) is 10.1 Å². The second-order valence-electron chi connectivity index (χ2n) is 5.05. The normalized spacial score (nSPS) is 18.0. The van der Waals surface area contributed by atoms with Gasteiger partial charge in [0.2, 0.25) is 0 Å². The lowest BCUT2D eigenvalue weighted by atomic mass is 10.0. The summed E-state index contributed by atoms with van der Waals surface area (Å²) in [7, 11) is 3.11. The molecule has 0 radical (unpaired) electrons. The third kappa shape index (κ3) is 3.46. The Labute approximate surface area is 124 Å². The van der Waals surface area contributed by atoms with E-state index >= 15 is 0 Å². The lowest BCUT2D eigenvalue weighted by molar-refractivity contribution is -0.139. The first kappa shape index (κ1) is 15.6. The van der Waals surface area contributed by atoms with Crippen molar-refractivity contribution < 1.29 is 24.1 Å². The van der Waals surface area contributed by atoms with E-state index in [9.17, 15) is 9.90 Å². The van der Waals surface area contributed by atoms with Crippen LogP contribution in [0.4, 0.5) is 0 Å². The molecule has 116 valence electrons. The molecule has 0 amide bonds. The molecule has 0 spiro atoms. The summed E-state index contributed by atoms with van der Waals surface area (Å²) in [5, 5.41) is 12.4. The number of carbonyl (C=O) groups is 1. The van der Waals surface area contributed by atoms with Gasteiger partial charge in [-0.1, -0.05) is 0 Å². The summed E-state index contributed by atoms with van der Waals surface area (Å²) in [5.41, 5.74) is 1.61. The molecule has 0 saturated heterocycles. The Balaban J connectivity index is 2.31. The van der Waals surface area contributed by atoms with Crippen molar-refractivity contribution in [2.75, 3.05) is 27.4 Å². The van der Waals surface area contributed by atoms with Crippen LogP contribution in [0.25, 0.3) is 0 Å². The molecular formula is C15H21NO5. The summed E-state index contributed by atoms with van der Waals surface area (Å²) >= 11 is 0. The number of aliphatic carboxylic acids is 1. The second kappa shape index (κ2) is 6.78. The van der Waals surface area contributed by atoms with Gasteiger partial charge in [0.15, 0.2) is 0 Å². The summed E-state index contributed by atoms with van der Waals surface area (Å²) in [5.74, 6) is 0.331. The van der Waals surface area contributed by atoms with Gasteiger partial charge in [-0.05, 0) is 19.1 Å². The van der Waals surface area contributed by atoms with Crippen molar-refractivity contribution in [2.45, 2.75) is 25.5 Å². The fraction of sp³-hybridized carbons (Fsp3) is 0.533. The monoisotopic (exact) mass is 295 g/mol. The molecule has 1 aliphatic rings. The van der Waals surface area contributed by atoms with E-state index in [1.165, 1.54) is 0 Å². The van der Waals surface area contributed by atoms with Crippen LogP contribution in [-0.2, 0) is 16.0 Å². The standard InChI is InChI=1S/C15H21NO5/c1-9-6-10-7-13(20-3)11(8-12(10)21-9)14(15(17)18)16-4-5-19-2/h7-9,14,16H,4-6H2,1-3H3,(H,17,18). The number of benzene rings is 1. The first-order valence-corrected chi connectivity index (χ1v) is 6.89. The van der Waals surface area contributed by atoms with Gasteiger partial charge in [0.1, 0.15) is 23.6 Å². The molecule has 0 aliphatic carbocycles. The van der Waals surface area contributed by atoms with Crippen molar-refractivity contribution in [1.29, 1.82) is 0 Å². The highest BCUT2D eigenvalue weighted by Crippen LogP contribution is 2.37. The predicted molar refractivity (Wildman–Crippen MR) is 77.0 cm³/mol. The highest BCUT2D eigenvalue weighted by Gasteiger charge is 2.28. The Hall–Kier alpha value is -1.79. The van der Waals surface area contributed by atoms with E-state index < -0.39 is 12.0 Å². The zero-order valence-electron chi connectivity index (χ0n) is 12.5. The Morgan fingerprint density at radius 1 is 1.52 bits per heavy atom. The minimum Gasteiger partial charge on any atom is -0.496 e. The van der Waals surface area contributed by atoms with Crippen LogP contribution in [0.5, 0.6) is 11.5 Å². The first-order chi connectivity index (χ1) is 10.1. The maximum absolute atomic E-state index is 11.5. The molecule has 2 atom stereocenters. The smallest absolute Gasteiger partial charge is 0.325 e. The SMILES string of the molecule is COCCNC(C(=O)O)c1cc2c(cc1OC)CC(C)O2. The summed E-state index contributed by atoms with van der Waals surface area (Å²) in [6, 6.07) is 2.76. The summed E-state index contributed by atoms with van der Waals surface area (Å²) in [6.07, 6.45) is 0.908. The number of nitrogens with one attached hydrogen (secondary N) is 1. The minimum atomic E-state index is -0.963. The molecule has 0 aromatic heterocycles. The maximum atomic E-state index is 11.5. The van der Waals surface area contributed by atoms with Gasteiger partial charge < -0.3 is 19.3 Å². The molecule has 1 heterocycles. The van der Waals surface area contributed by atoms with Gasteiger partial charge in [-0.15, -0.1) is 0 Å². The van der Waals surface area contributed by atoms with Crippen LogP contribution in [0, 0.1) is 0 Å². The molecule has 1 aliphatic heterocycles. The van der Waals surface area contributed by atoms with Crippen LogP contribution < -0.4 is 14.8 Å².